The van der Waals surface area contributed by atoms with Crippen molar-refractivity contribution >= 4 is 21.6 Å². The van der Waals surface area contributed by atoms with Gasteiger partial charge < -0.3 is 10.2 Å². The Bertz CT molecular complexity index is 512. The second kappa shape index (κ2) is 5.80. The Hall–Kier alpha value is -0.750. The van der Waals surface area contributed by atoms with Gasteiger partial charge in [-0.25, -0.2) is 0 Å². The molecule has 3 rings (SSSR count). The molecule has 2 fully saturated rings. The van der Waals surface area contributed by atoms with Gasteiger partial charge in [0.15, 0.2) is 0 Å². The van der Waals surface area contributed by atoms with E-state index >= 15 is 0 Å². The second-order valence-electron chi connectivity index (χ2n) is 5.77. The number of rotatable bonds is 2. The van der Waals surface area contributed by atoms with E-state index in [0.29, 0.717) is 22.7 Å². The molecule has 2 unspecified atom stereocenters. The molecule has 116 valence electrons. The molecule has 1 aromatic rings. The van der Waals surface area contributed by atoms with Gasteiger partial charge >= 0.3 is 6.18 Å². The molecule has 0 saturated carbocycles. The molecule has 0 aromatic heterocycles. The minimum atomic E-state index is -4.31. The maximum atomic E-state index is 13.3. The standard InChI is InChI=1S/C15H18BrF3N2/c16-10-5-6-11(15(17,18)19)14(9-10)21-8-2-4-13(21)12-3-1-7-20-12/h5-6,9,12-13,20H,1-4,7-8H2. The molecule has 1 aromatic carbocycles. The number of benzene rings is 1. The average molecular weight is 363 g/mol. The van der Waals surface area contributed by atoms with Crippen LogP contribution in [0.25, 0.3) is 0 Å². The topological polar surface area (TPSA) is 15.3 Å². The highest BCUT2D eigenvalue weighted by atomic mass is 79.9. The van der Waals surface area contributed by atoms with Gasteiger partial charge in [-0.2, -0.15) is 13.2 Å². The van der Waals surface area contributed by atoms with Crippen molar-refractivity contribution in [3.63, 3.8) is 0 Å². The molecule has 2 atom stereocenters. The van der Waals surface area contributed by atoms with Crippen molar-refractivity contribution in [2.45, 2.75) is 43.9 Å². The summed E-state index contributed by atoms with van der Waals surface area (Å²) in [6.07, 6.45) is -0.240. The first-order valence-electron chi connectivity index (χ1n) is 7.33. The molecule has 2 nitrogen and oxygen atoms in total. The summed E-state index contributed by atoms with van der Waals surface area (Å²) in [4.78, 5) is 1.95. The predicted molar refractivity (Wildman–Crippen MR) is 80.5 cm³/mol. The Labute approximate surface area is 130 Å². The molecule has 0 radical (unpaired) electrons. The van der Waals surface area contributed by atoms with E-state index in [2.05, 4.69) is 21.2 Å². The van der Waals surface area contributed by atoms with Crippen LogP contribution in [-0.2, 0) is 6.18 Å². The Kier molecular flexibility index (Phi) is 4.19. The lowest BCUT2D eigenvalue weighted by Crippen LogP contribution is -2.44. The van der Waals surface area contributed by atoms with Crippen LogP contribution in [0.4, 0.5) is 18.9 Å². The fourth-order valence-corrected chi connectivity index (χ4v) is 3.88. The Morgan fingerprint density at radius 2 is 2.00 bits per heavy atom. The molecular formula is C15H18BrF3N2. The van der Waals surface area contributed by atoms with Gasteiger partial charge in [0.25, 0.3) is 0 Å². The first-order chi connectivity index (χ1) is 9.97. The summed E-state index contributed by atoms with van der Waals surface area (Å²) >= 11 is 3.30. The third kappa shape index (κ3) is 3.06. The number of hydrogen-bond acceptors (Lipinski definition) is 2. The molecule has 21 heavy (non-hydrogen) atoms. The van der Waals surface area contributed by atoms with E-state index in [4.69, 9.17) is 0 Å². The van der Waals surface area contributed by atoms with E-state index in [-0.39, 0.29) is 6.04 Å². The third-order valence-electron chi connectivity index (χ3n) is 4.44. The Morgan fingerprint density at radius 3 is 2.67 bits per heavy atom. The van der Waals surface area contributed by atoms with Gasteiger partial charge in [0.2, 0.25) is 0 Å². The Morgan fingerprint density at radius 1 is 1.19 bits per heavy atom. The highest BCUT2D eigenvalue weighted by Crippen LogP contribution is 2.41. The summed E-state index contributed by atoms with van der Waals surface area (Å²) in [5.74, 6) is 0. The van der Waals surface area contributed by atoms with Crippen molar-refractivity contribution in [3.05, 3.63) is 28.2 Å². The maximum absolute atomic E-state index is 13.3. The van der Waals surface area contributed by atoms with Crippen LogP contribution in [0.2, 0.25) is 0 Å². The molecule has 2 saturated heterocycles. The molecule has 6 heteroatoms. The first-order valence-corrected chi connectivity index (χ1v) is 8.13. The quantitative estimate of drug-likeness (QED) is 0.848. The zero-order valence-corrected chi connectivity index (χ0v) is 13.2. The van der Waals surface area contributed by atoms with E-state index in [1.807, 2.05) is 4.90 Å². The number of alkyl halides is 3. The summed E-state index contributed by atoms with van der Waals surface area (Å²) < 4.78 is 40.5. The summed E-state index contributed by atoms with van der Waals surface area (Å²) in [5.41, 5.74) is -0.219. The lowest BCUT2D eigenvalue weighted by molar-refractivity contribution is -0.137. The van der Waals surface area contributed by atoms with Crippen LogP contribution in [-0.4, -0.2) is 25.2 Å². The number of nitrogens with one attached hydrogen (secondary N) is 1. The summed E-state index contributed by atoms with van der Waals surface area (Å²) in [6.45, 7) is 1.67. The van der Waals surface area contributed by atoms with Crippen molar-refractivity contribution in [1.29, 1.82) is 0 Å². The largest absolute Gasteiger partial charge is 0.418 e. The van der Waals surface area contributed by atoms with Crippen molar-refractivity contribution in [3.8, 4) is 0 Å². The van der Waals surface area contributed by atoms with Gasteiger partial charge in [0, 0.05) is 23.1 Å². The molecule has 0 bridgehead atoms. The normalized spacial score (nSPS) is 26.6. The number of nitrogens with zero attached hydrogens (tertiary/aromatic N) is 1. The van der Waals surface area contributed by atoms with Gasteiger partial charge in [0.05, 0.1) is 11.3 Å². The summed E-state index contributed by atoms with van der Waals surface area (Å²) in [7, 11) is 0. The molecular weight excluding hydrogens is 345 g/mol. The fraction of sp³-hybridized carbons (Fsp3) is 0.600. The molecule has 2 aliphatic rings. The monoisotopic (exact) mass is 362 g/mol. The summed E-state index contributed by atoms with van der Waals surface area (Å²) in [5, 5.41) is 3.44. The lowest BCUT2D eigenvalue weighted by Gasteiger charge is -2.33. The van der Waals surface area contributed by atoms with E-state index in [1.54, 1.807) is 6.07 Å². The third-order valence-corrected chi connectivity index (χ3v) is 4.93. The number of anilines is 1. The number of hydrogen-bond donors (Lipinski definition) is 1. The van der Waals surface area contributed by atoms with Crippen LogP contribution in [0.5, 0.6) is 0 Å². The molecule has 1 N–H and O–H groups in total. The van der Waals surface area contributed by atoms with Gasteiger partial charge in [-0.05, 0) is 50.4 Å². The highest BCUT2D eigenvalue weighted by Gasteiger charge is 2.39. The van der Waals surface area contributed by atoms with Crippen molar-refractivity contribution < 1.29 is 13.2 Å². The van der Waals surface area contributed by atoms with E-state index in [0.717, 1.165) is 32.2 Å². The molecule has 2 heterocycles. The van der Waals surface area contributed by atoms with Crippen LogP contribution in [0, 0.1) is 0 Å². The molecule has 0 aliphatic carbocycles. The van der Waals surface area contributed by atoms with Gasteiger partial charge in [-0.1, -0.05) is 15.9 Å². The minimum absolute atomic E-state index is 0.169. The van der Waals surface area contributed by atoms with Gasteiger partial charge in [-0.15, -0.1) is 0 Å². The summed E-state index contributed by atoms with van der Waals surface area (Å²) in [6, 6.07) is 4.73. The lowest BCUT2D eigenvalue weighted by atomic mass is 10.0. The fourth-order valence-electron chi connectivity index (χ4n) is 3.53. The van der Waals surface area contributed by atoms with E-state index < -0.39 is 11.7 Å². The zero-order valence-electron chi connectivity index (χ0n) is 11.6. The van der Waals surface area contributed by atoms with Crippen LogP contribution in [0.15, 0.2) is 22.7 Å². The first kappa shape index (κ1) is 15.2. The minimum Gasteiger partial charge on any atom is -0.366 e. The van der Waals surface area contributed by atoms with Gasteiger partial charge in [-0.3, -0.25) is 0 Å². The Balaban J connectivity index is 1.96. The second-order valence-corrected chi connectivity index (χ2v) is 6.68. The molecule has 0 spiro atoms. The van der Waals surface area contributed by atoms with Crippen molar-refractivity contribution in [1.82, 2.24) is 5.32 Å². The number of halogens is 4. The highest BCUT2D eigenvalue weighted by molar-refractivity contribution is 9.10. The maximum Gasteiger partial charge on any atom is 0.418 e. The van der Waals surface area contributed by atoms with Crippen LogP contribution >= 0.6 is 15.9 Å². The molecule has 2 aliphatic heterocycles. The van der Waals surface area contributed by atoms with Crippen LogP contribution in [0.1, 0.15) is 31.2 Å². The average Bonchev–Trinajstić information content (AvgIpc) is 3.08. The predicted octanol–water partition coefficient (Wildman–Crippen LogP) is 4.19. The SMILES string of the molecule is FC(F)(F)c1ccc(Br)cc1N1CCCC1C1CCCN1. The zero-order chi connectivity index (χ0) is 15.0. The molecule has 0 amide bonds. The van der Waals surface area contributed by atoms with E-state index in [1.165, 1.54) is 12.1 Å². The van der Waals surface area contributed by atoms with Crippen molar-refractivity contribution in [2.24, 2.45) is 0 Å². The van der Waals surface area contributed by atoms with Crippen LogP contribution in [0.3, 0.4) is 0 Å². The van der Waals surface area contributed by atoms with Gasteiger partial charge in [0.1, 0.15) is 0 Å². The van der Waals surface area contributed by atoms with Crippen LogP contribution < -0.4 is 10.2 Å². The smallest absolute Gasteiger partial charge is 0.366 e. The van der Waals surface area contributed by atoms with Crippen molar-refractivity contribution in [2.75, 3.05) is 18.0 Å². The van der Waals surface area contributed by atoms with E-state index in [9.17, 15) is 13.2 Å².